The Labute approximate surface area is 96.2 Å². The molecular weight excluding hydrogens is 185 g/mol. The summed E-state index contributed by atoms with van der Waals surface area (Å²) in [6, 6.07) is 0. The quantitative estimate of drug-likeness (QED) is 0.323. The van der Waals surface area contributed by atoms with Crippen LogP contribution in [0.4, 0.5) is 0 Å². The predicted molar refractivity (Wildman–Crippen MR) is 68.5 cm³/mol. The van der Waals surface area contributed by atoms with Gasteiger partial charge in [0.1, 0.15) is 0 Å². The number of hydrogen-bond acceptors (Lipinski definition) is 6. The van der Waals surface area contributed by atoms with Gasteiger partial charge in [0.2, 0.25) is 14.2 Å². The molecule has 1 heterocycles. The number of hydrogen-bond donors (Lipinski definition) is 4. The van der Waals surface area contributed by atoms with Gasteiger partial charge >= 0.3 is 0 Å². The molecule has 4 N–H and O–H groups in total. The summed E-state index contributed by atoms with van der Waals surface area (Å²) in [7, 11) is 15.1. The van der Waals surface area contributed by atoms with Gasteiger partial charge in [0.05, 0.1) is 0 Å². The van der Waals surface area contributed by atoms with Gasteiger partial charge in [-0.25, -0.2) is 0 Å². The summed E-state index contributed by atoms with van der Waals surface area (Å²) in [6.07, 6.45) is 0. The molecule has 0 aliphatic carbocycles. The Hall–Kier alpha value is 0.150. The molecular formula is C3H13B6N6. The highest BCUT2D eigenvalue weighted by atomic mass is 15.2. The Morgan fingerprint density at radius 1 is 1.00 bits per heavy atom. The summed E-state index contributed by atoms with van der Waals surface area (Å²) in [4.78, 5) is 0. The average Bonchev–Trinajstić information content (AvgIpc) is 2.23. The van der Waals surface area contributed by atoms with Crippen molar-refractivity contribution in [2.24, 2.45) is 0 Å². The van der Waals surface area contributed by atoms with Gasteiger partial charge in [-0.15, -0.1) is 0 Å². The van der Waals surface area contributed by atoms with Crippen molar-refractivity contribution in [3.63, 3.8) is 0 Å². The van der Waals surface area contributed by atoms with Crippen molar-refractivity contribution >= 4 is 44.4 Å². The summed E-state index contributed by atoms with van der Waals surface area (Å²) in [5, 5.41) is 12.1. The zero-order valence-corrected chi connectivity index (χ0v) is 9.36. The second-order valence-corrected chi connectivity index (χ2v) is 3.02. The van der Waals surface area contributed by atoms with Crippen molar-refractivity contribution < 1.29 is 0 Å². The molecule has 0 aromatic heterocycles. The van der Waals surface area contributed by atoms with E-state index in [1.54, 1.807) is 0 Å². The molecule has 12 heteroatoms. The van der Waals surface area contributed by atoms with Crippen LogP contribution in [0.2, 0.25) is 0 Å². The molecule has 0 spiro atoms. The lowest BCUT2D eigenvalue weighted by atomic mass is 9.33. The first-order chi connectivity index (χ1) is 7.33. The Bertz CT molecular complexity index is 155. The van der Waals surface area contributed by atoms with E-state index >= 15 is 0 Å². The van der Waals surface area contributed by atoms with Crippen molar-refractivity contribution in [3.05, 3.63) is 0 Å². The van der Waals surface area contributed by atoms with Crippen molar-refractivity contribution in [1.82, 2.24) is 30.1 Å². The van der Waals surface area contributed by atoms with E-state index in [1.165, 1.54) is 0 Å². The minimum absolute atomic E-state index is 0.0937. The first-order valence-electron chi connectivity index (χ1n) is 4.83. The molecule has 1 aliphatic rings. The van der Waals surface area contributed by atoms with Gasteiger partial charge in [-0.2, -0.15) is 0 Å². The molecule has 0 bridgehead atoms. The molecule has 0 atom stereocenters. The SMILES string of the molecule is CN[B]B1N([B]NC)[B]N[B]N1[B]NC. The first-order valence-corrected chi connectivity index (χ1v) is 4.83. The fourth-order valence-electron chi connectivity index (χ4n) is 1.36. The molecule has 73 valence electrons. The standard InChI is InChI=1S/C3H13B6N6/c1-10-4-9-14(5-11-2)7-13-8-15(9)6-12-3/h10-13H,1-3H3. The molecule has 6 nitrogen and oxygen atoms in total. The third kappa shape index (κ3) is 3.90. The lowest BCUT2D eigenvalue weighted by Gasteiger charge is -2.40. The Balaban J connectivity index is 2.53. The number of nitrogens with one attached hydrogen (secondary N) is 4. The van der Waals surface area contributed by atoms with E-state index in [4.69, 9.17) is 0 Å². The largest absolute Gasteiger partial charge is 0.400 e. The Morgan fingerprint density at radius 2 is 1.53 bits per heavy atom. The van der Waals surface area contributed by atoms with E-state index in [9.17, 15) is 0 Å². The van der Waals surface area contributed by atoms with E-state index in [0.717, 1.165) is 0 Å². The number of rotatable bonds is 6. The van der Waals surface area contributed by atoms with E-state index in [1.807, 2.05) is 67.9 Å². The van der Waals surface area contributed by atoms with Crippen LogP contribution in [0.1, 0.15) is 0 Å². The van der Waals surface area contributed by atoms with E-state index in [0.29, 0.717) is 0 Å². The fourth-order valence-corrected chi connectivity index (χ4v) is 1.36. The van der Waals surface area contributed by atoms with Crippen LogP contribution in [0.25, 0.3) is 0 Å². The normalized spacial score (nSPS) is 17.9. The van der Waals surface area contributed by atoms with Crippen LogP contribution in [0.15, 0.2) is 0 Å². The minimum Gasteiger partial charge on any atom is -0.400 e. The summed E-state index contributed by atoms with van der Waals surface area (Å²) < 4.78 is 4.01. The molecule has 0 saturated carbocycles. The molecule has 1 aliphatic heterocycles. The molecule has 1 fully saturated rings. The van der Waals surface area contributed by atoms with Crippen molar-refractivity contribution in [3.8, 4) is 0 Å². The third-order valence-corrected chi connectivity index (χ3v) is 1.93. The highest BCUT2D eigenvalue weighted by molar-refractivity contribution is 7.17. The maximum Gasteiger partial charge on any atom is 0.286 e. The molecule has 0 amide bonds. The van der Waals surface area contributed by atoms with Crippen LogP contribution in [0.5, 0.6) is 0 Å². The van der Waals surface area contributed by atoms with Gasteiger partial charge in [0.15, 0.2) is 0 Å². The zero-order chi connectivity index (χ0) is 11.1. The van der Waals surface area contributed by atoms with Crippen LogP contribution in [0, 0.1) is 0 Å². The minimum atomic E-state index is 0.0937. The molecule has 0 aromatic rings. The molecule has 5 radical (unpaired) electrons. The van der Waals surface area contributed by atoms with E-state index in [2.05, 4.69) is 20.8 Å². The maximum atomic E-state index is 3.05. The molecule has 1 rings (SSSR count). The maximum absolute atomic E-state index is 3.05. The third-order valence-electron chi connectivity index (χ3n) is 1.93. The van der Waals surface area contributed by atoms with Gasteiger partial charge in [-0.1, -0.05) is 0 Å². The van der Waals surface area contributed by atoms with Gasteiger partial charge < -0.3 is 30.1 Å². The Kier molecular flexibility index (Phi) is 6.54. The molecule has 1 saturated heterocycles. The highest BCUT2D eigenvalue weighted by Crippen LogP contribution is 1.96. The topological polar surface area (TPSA) is 54.6 Å². The van der Waals surface area contributed by atoms with Gasteiger partial charge in [-0.05, 0) is 21.1 Å². The van der Waals surface area contributed by atoms with Crippen molar-refractivity contribution in [2.45, 2.75) is 0 Å². The zero-order valence-electron chi connectivity index (χ0n) is 9.36. The van der Waals surface area contributed by atoms with Crippen LogP contribution in [-0.4, -0.2) is 74.8 Å². The van der Waals surface area contributed by atoms with E-state index in [-0.39, 0.29) is 6.87 Å². The average molecular weight is 198 g/mol. The van der Waals surface area contributed by atoms with Gasteiger partial charge in [-0.3, -0.25) is 0 Å². The highest BCUT2D eigenvalue weighted by Gasteiger charge is 2.34. The van der Waals surface area contributed by atoms with Crippen molar-refractivity contribution in [2.75, 3.05) is 21.1 Å². The van der Waals surface area contributed by atoms with Crippen LogP contribution in [-0.2, 0) is 0 Å². The lowest BCUT2D eigenvalue weighted by molar-refractivity contribution is 0.844. The van der Waals surface area contributed by atoms with Crippen LogP contribution in [0.3, 0.4) is 0 Å². The smallest absolute Gasteiger partial charge is 0.286 e. The van der Waals surface area contributed by atoms with Crippen molar-refractivity contribution in [1.29, 1.82) is 0 Å². The molecule has 0 aromatic carbocycles. The van der Waals surface area contributed by atoms with Gasteiger partial charge in [0, 0.05) is 0 Å². The van der Waals surface area contributed by atoms with Gasteiger partial charge in [0.25, 0.3) is 30.2 Å². The monoisotopic (exact) mass is 199 g/mol. The number of nitrogens with zero attached hydrogens (tertiary/aromatic N) is 2. The van der Waals surface area contributed by atoms with Crippen LogP contribution < -0.4 is 20.8 Å². The second kappa shape index (κ2) is 7.43. The molecule has 15 heavy (non-hydrogen) atoms. The summed E-state index contributed by atoms with van der Waals surface area (Å²) in [6.45, 7) is 0.0937. The summed E-state index contributed by atoms with van der Waals surface area (Å²) >= 11 is 0. The second-order valence-electron chi connectivity index (χ2n) is 3.02. The fraction of sp³-hybridized carbons (Fsp3) is 1.00. The predicted octanol–water partition coefficient (Wildman–Crippen LogP) is -4.41. The lowest BCUT2D eigenvalue weighted by Crippen LogP contribution is -2.74. The molecule has 0 unspecified atom stereocenters. The van der Waals surface area contributed by atoms with E-state index < -0.39 is 0 Å². The first kappa shape index (κ1) is 13.2. The van der Waals surface area contributed by atoms with Crippen LogP contribution >= 0.6 is 0 Å². The summed E-state index contributed by atoms with van der Waals surface area (Å²) in [5.41, 5.74) is 0. The summed E-state index contributed by atoms with van der Waals surface area (Å²) in [5.74, 6) is 0. The Morgan fingerprint density at radius 3 is 1.93 bits per heavy atom.